The Morgan fingerprint density at radius 3 is 2.56 bits per heavy atom. The van der Waals surface area contributed by atoms with Crippen molar-refractivity contribution in [3.05, 3.63) is 54.1 Å². The van der Waals surface area contributed by atoms with Crippen LogP contribution in [0.4, 0.5) is 0 Å². The minimum absolute atomic E-state index is 0.143. The summed E-state index contributed by atoms with van der Waals surface area (Å²) in [6.45, 7) is 1.16. The van der Waals surface area contributed by atoms with Gasteiger partial charge in [0.2, 0.25) is 0 Å². The van der Waals surface area contributed by atoms with Crippen molar-refractivity contribution in [1.82, 2.24) is 5.43 Å². The first-order chi connectivity index (χ1) is 12.1. The van der Waals surface area contributed by atoms with Crippen LogP contribution < -0.4 is 19.6 Å². The summed E-state index contributed by atoms with van der Waals surface area (Å²) in [5.41, 5.74) is 3.03. The number of hydrogen-bond donors (Lipinski definition) is 1. The minimum atomic E-state index is -0.439. The van der Waals surface area contributed by atoms with Crippen molar-refractivity contribution in [2.75, 3.05) is 13.7 Å². The number of benzene rings is 2. The quantitative estimate of drug-likeness (QED) is 0.361. The molecule has 0 saturated carbocycles. The van der Waals surface area contributed by atoms with Gasteiger partial charge in [-0.1, -0.05) is 18.2 Å². The summed E-state index contributed by atoms with van der Waals surface area (Å²) in [5.74, 6) is 0.478. The fourth-order valence-corrected chi connectivity index (χ4v) is 1.88. The Labute approximate surface area is 145 Å². The van der Waals surface area contributed by atoms with E-state index in [4.69, 9.17) is 14.2 Å². The van der Waals surface area contributed by atoms with Crippen LogP contribution >= 0.6 is 0 Å². The number of para-hydroxylation sites is 1. The van der Waals surface area contributed by atoms with Gasteiger partial charge in [-0.2, -0.15) is 5.10 Å². The van der Waals surface area contributed by atoms with Gasteiger partial charge in [0, 0.05) is 6.92 Å². The summed E-state index contributed by atoms with van der Waals surface area (Å²) >= 11 is 0. The summed E-state index contributed by atoms with van der Waals surface area (Å²) in [6.07, 6.45) is 1.44. The van der Waals surface area contributed by atoms with Crippen molar-refractivity contribution in [1.29, 1.82) is 0 Å². The molecule has 130 valence electrons. The number of nitrogens with zero attached hydrogens (tertiary/aromatic N) is 1. The summed E-state index contributed by atoms with van der Waals surface area (Å²) < 4.78 is 15.5. The summed E-state index contributed by atoms with van der Waals surface area (Å²) in [5, 5.41) is 3.85. The lowest BCUT2D eigenvalue weighted by atomic mass is 10.2. The average Bonchev–Trinajstić information content (AvgIpc) is 2.61. The van der Waals surface area contributed by atoms with Gasteiger partial charge in [-0.25, -0.2) is 5.43 Å². The highest BCUT2D eigenvalue weighted by Crippen LogP contribution is 2.27. The molecule has 0 aliphatic heterocycles. The molecule has 7 nitrogen and oxygen atoms in total. The molecule has 0 atom stereocenters. The molecule has 0 heterocycles. The van der Waals surface area contributed by atoms with Gasteiger partial charge in [-0.3, -0.25) is 9.59 Å². The van der Waals surface area contributed by atoms with Crippen molar-refractivity contribution in [2.24, 2.45) is 5.10 Å². The van der Waals surface area contributed by atoms with Crippen LogP contribution in [-0.4, -0.2) is 31.8 Å². The number of hydrazone groups is 1. The number of amides is 1. The Kier molecular flexibility index (Phi) is 6.53. The second-order valence-corrected chi connectivity index (χ2v) is 4.90. The summed E-state index contributed by atoms with van der Waals surface area (Å²) in [7, 11) is 1.46. The maximum absolute atomic E-state index is 11.7. The predicted molar refractivity (Wildman–Crippen MR) is 92.0 cm³/mol. The molecule has 1 amide bonds. The summed E-state index contributed by atoms with van der Waals surface area (Å²) in [6, 6.07) is 13.9. The third-order valence-electron chi connectivity index (χ3n) is 2.96. The lowest BCUT2D eigenvalue weighted by molar-refractivity contribution is -0.132. The van der Waals surface area contributed by atoms with E-state index in [1.807, 2.05) is 18.2 Å². The Bertz CT molecular complexity index is 759. The normalized spacial score (nSPS) is 10.3. The average molecular weight is 342 g/mol. The standard InChI is InChI=1S/C18H18N2O5/c1-13(21)25-16-9-8-14(10-17(16)23-2)11-19-20-18(22)12-24-15-6-4-3-5-7-15/h3-11H,12H2,1-2H3,(H,20,22)/b19-11-. The van der Waals surface area contributed by atoms with Gasteiger partial charge in [0.05, 0.1) is 13.3 Å². The predicted octanol–water partition coefficient (Wildman–Crippen LogP) is 2.15. The topological polar surface area (TPSA) is 86.2 Å². The van der Waals surface area contributed by atoms with E-state index in [1.54, 1.807) is 30.3 Å². The Hall–Kier alpha value is -3.35. The van der Waals surface area contributed by atoms with E-state index in [0.717, 1.165) is 0 Å². The largest absolute Gasteiger partial charge is 0.493 e. The van der Waals surface area contributed by atoms with Crippen LogP contribution in [0.1, 0.15) is 12.5 Å². The number of ether oxygens (including phenoxy) is 3. The number of esters is 1. The highest BCUT2D eigenvalue weighted by molar-refractivity contribution is 5.84. The van der Waals surface area contributed by atoms with Crippen molar-refractivity contribution in [3.63, 3.8) is 0 Å². The smallest absolute Gasteiger partial charge is 0.308 e. The van der Waals surface area contributed by atoms with E-state index in [-0.39, 0.29) is 12.5 Å². The Morgan fingerprint density at radius 2 is 1.88 bits per heavy atom. The number of hydrogen-bond acceptors (Lipinski definition) is 6. The van der Waals surface area contributed by atoms with Gasteiger partial charge in [-0.15, -0.1) is 0 Å². The Balaban J connectivity index is 1.88. The van der Waals surface area contributed by atoms with Gasteiger partial charge >= 0.3 is 5.97 Å². The summed E-state index contributed by atoms with van der Waals surface area (Å²) in [4.78, 5) is 22.7. The molecule has 7 heteroatoms. The van der Waals surface area contributed by atoms with Gasteiger partial charge in [0.25, 0.3) is 5.91 Å². The zero-order chi connectivity index (χ0) is 18.1. The van der Waals surface area contributed by atoms with E-state index in [1.165, 1.54) is 20.2 Å². The SMILES string of the molecule is COc1cc(/C=N\NC(=O)COc2ccccc2)ccc1OC(C)=O. The molecule has 25 heavy (non-hydrogen) atoms. The van der Waals surface area contributed by atoms with E-state index >= 15 is 0 Å². The lowest BCUT2D eigenvalue weighted by Crippen LogP contribution is -2.24. The molecule has 0 radical (unpaired) electrons. The molecular weight excluding hydrogens is 324 g/mol. The number of carbonyl (C=O) groups excluding carboxylic acids is 2. The number of rotatable bonds is 7. The maximum atomic E-state index is 11.7. The molecule has 2 rings (SSSR count). The van der Waals surface area contributed by atoms with Crippen LogP contribution in [0, 0.1) is 0 Å². The second kappa shape index (κ2) is 9.07. The zero-order valence-electron chi connectivity index (χ0n) is 13.9. The number of nitrogens with one attached hydrogen (secondary N) is 1. The molecule has 0 aliphatic carbocycles. The van der Waals surface area contributed by atoms with Gasteiger partial charge in [0.1, 0.15) is 5.75 Å². The minimum Gasteiger partial charge on any atom is -0.493 e. The van der Waals surface area contributed by atoms with Crippen LogP contribution in [0.25, 0.3) is 0 Å². The van der Waals surface area contributed by atoms with Crippen LogP contribution in [0.3, 0.4) is 0 Å². The monoisotopic (exact) mass is 342 g/mol. The first-order valence-corrected chi connectivity index (χ1v) is 7.44. The van der Waals surface area contributed by atoms with E-state index in [0.29, 0.717) is 22.8 Å². The van der Waals surface area contributed by atoms with Crippen LogP contribution in [0.15, 0.2) is 53.6 Å². The Morgan fingerprint density at radius 1 is 1.12 bits per heavy atom. The molecule has 2 aromatic carbocycles. The number of methoxy groups -OCH3 is 1. The van der Waals surface area contributed by atoms with E-state index in [9.17, 15) is 9.59 Å². The molecular formula is C18H18N2O5. The first-order valence-electron chi connectivity index (χ1n) is 7.44. The molecule has 1 N–H and O–H groups in total. The van der Waals surface area contributed by atoms with E-state index < -0.39 is 5.97 Å². The van der Waals surface area contributed by atoms with Crippen molar-refractivity contribution >= 4 is 18.1 Å². The lowest BCUT2D eigenvalue weighted by Gasteiger charge is -2.08. The van der Waals surface area contributed by atoms with Gasteiger partial charge in [-0.05, 0) is 35.9 Å². The van der Waals surface area contributed by atoms with E-state index in [2.05, 4.69) is 10.5 Å². The molecule has 0 spiro atoms. The highest BCUT2D eigenvalue weighted by atomic mass is 16.6. The zero-order valence-corrected chi connectivity index (χ0v) is 13.9. The van der Waals surface area contributed by atoms with Crippen molar-refractivity contribution < 1.29 is 23.8 Å². The molecule has 0 bridgehead atoms. The highest BCUT2D eigenvalue weighted by Gasteiger charge is 2.07. The molecule has 0 fully saturated rings. The maximum Gasteiger partial charge on any atom is 0.308 e. The van der Waals surface area contributed by atoms with Crippen LogP contribution in [0.5, 0.6) is 17.2 Å². The number of carbonyl (C=O) groups is 2. The molecule has 0 aromatic heterocycles. The molecule has 0 saturated heterocycles. The third kappa shape index (κ3) is 5.98. The molecule has 2 aromatic rings. The van der Waals surface area contributed by atoms with Crippen molar-refractivity contribution in [2.45, 2.75) is 6.92 Å². The van der Waals surface area contributed by atoms with Gasteiger partial charge in [0.15, 0.2) is 18.1 Å². The fourth-order valence-electron chi connectivity index (χ4n) is 1.88. The molecule has 0 aliphatic rings. The first kappa shape index (κ1) is 18.0. The third-order valence-corrected chi connectivity index (χ3v) is 2.96. The van der Waals surface area contributed by atoms with Crippen LogP contribution in [-0.2, 0) is 9.59 Å². The molecule has 0 unspecified atom stereocenters. The van der Waals surface area contributed by atoms with Crippen molar-refractivity contribution in [3.8, 4) is 17.2 Å². The van der Waals surface area contributed by atoms with Crippen LogP contribution in [0.2, 0.25) is 0 Å². The van der Waals surface area contributed by atoms with Gasteiger partial charge < -0.3 is 14.2 Å². The fraction of sp³-hybridized carbons (Fsp3) is 0.167. The second-order valence-electron chi connectivity index (χ2n) is 4.90.